The lowest BCUT2D eigenvalue weighted by Crippen LogP contribution is -2.40. The fourth-order valence-corrected chi connectivity index (χ4v) is 3.95. The van der Waals surface area contributed by atoms with Crippen molar-refractivity contribution in [2.24, 2.45) is 11.8 Å². The number of amides is 1. The lowest BCUT2D eigenvalue weighted by molar-refractivity contribution is -0.151. The maximum absolute atomic E-state index is 13.0. The Bertz CT molecular complexity index is 695. The number of carbonyl (C=O) groups excluding carboxylic acids is 2. The largest absolute Gasteiger partial charge is 0.466 e. The second-order valence-corrected chi connectivity index (χ2v) is 6.41. The second-order valence-electron chi connectivity index (χ2n) is 6.41. The summed E-state index contributed by atoms with van der Waals surface area (Å²) >= 11 is 0. The van der Waals surface area contributed by atoms with Crippen LogP contribution in [-0.4, -0.2) is 36.7 Å². The molecule has 120 valence electrons. The Morgan fingerprint density at radius 2 is 2.13 bits per heavy atom. The van der Waals surface area contributed by atoms with Gasteiger partial charge >= 0.3 is 5.97 Å². The number of carbonyl (C=O) groups is 2. The van der Waals surface area contributed by atoms with Crippen molar-refractivity contribution in [2.75, 3.05) is 18.1 Å². The van der Waals surface area contributed by atoms with Crippen molar-refractivity contribution < 1.29 is 19.1 Å². The third-order valence-corrected chi connectivity index (χ3v) is 5.00. The van der Waals surface area contributed by atoms with E-state index in [1.54, 1.807) is 11.8 Å². The van der Waals surface area contributed by atoms with Crippen molar-refractivity contribution in [1.29, 1.82) is 0 Å². The predicted octanol–water partition coefficient (Wildman–Crippen LogP) is 1.84. The van der Waals surface area contributed by atoms with Crippen LogP contribution in [0, 0.1) is 18.8 Å². The summed E-state index contributed by atoms with van der Waals surface area (Å²) in [6, 6.07) is 7.82. The van der Waals surface area contributed by atoms with Crippen molar-refractivity contribution >= 4 is 17.6 Å². The fourth-order valence-electron chi connectivity index (χ4n) is 3.95. The van der Waals surface area contributed by atoms with Crippen LogP contribution in [0.4, 0.5) is 5.69 Å². The third-order valence-electron chi connectivity index (χ3n) is 5.00. The van der Waals surface area contributed by atoms with E-state index in [2.05, 4.69) is 0 Å². The van der Waals surface area contributed by atoms with Gasteiger partial charge in [0.25, 0.3) is 0 Å². The molecule has 1 amide bonds. The number of anilines is 1. The predicted molar refractivity (Wildman–Crippen MR) is 83.9 cm³/mol. The number of esters is 1. The number of hydrogen-bond acceptors (Lipinski definition) is 4. The molecule has 1 spiro atoms. The van der Waals surface area contributed by atoms with Gasteiger partial charge in [0.2, 0.25) is 5.91 Å². The van der Waals surface area contributed by atoms with E-state index in [0.29, 0.717) is 13.2 Å². The Hall–Kier alpha value is -2.14. The van der Waals surface area contributed by atoms with Crippen molar-refractivity contribution in [2.45, 2.75) is 25.6 Å². The molecule has 2 saturated heterocycles. The maximum atomic E-state index is 13.0. The standard InChI is InChI=1S/C18H19NO4/c1-3-22-17(21)14-13-8-9-18(23-13)10-19(16(20)15(14)18)12-6-4-11(2)5-7-12/h4-9,13-15H,3,10H2,1-2H3/t13-,14-,15-,18-/m0/s1. The molecule has 3 heterocycles. The summed E-state index contributed by atoms with van der Waals surface area (Å²) in [5.74, 6) is -1.42. The van der Waals surface area contributed by atoms with Gasteiger partial charge in [0, 0.05) is 5.69 Å². The zero-order valence-electron chi connectivity index (χ0n) is 13.2. The minimum Gasteiger partial charge on any atom is -0.466 e. The first-order valence-electron chi connectivity index (χ1n) is 7.97. The molecule has 0 aliphatic carbocycles. The summed E-state index contributed by atoms with van der Waals surface area (Å²) < 4.78 is 11.2. The van der Waals surface area contributed by atoms with Gasteiger partial charge in [0.05, 0.1) is 25.2 Å². The second kappa shape index (κ2) is 4.93. The third kappa shape index (κ3) is 1.96. The first-order chi connectivity index (χ1) is 11.1. The summed E-state index contributed by atoms with van der Waals surface area (Å²) in [5, 5.41) is 0. The molecule has 5 heteroatoms. The summed E-state index contributed by atoms with van der Waals surface area (Å²) in [4.78, 5) is 27.0. The zero-order valence-corrected chi connectivity index (χ0v) is 13.2. The van der Waals surface area contributed by atoms with Crippen LogP contribution < -0.4 is 4.90 Å². The molecule has 4 rings (SSSR count). The average Bonchev–Trinajstić information content (AvgIpc) is 3.17. The Morgan fingerprint density at radius 3 is 2.83 bits per heavy atom. The monoisotopic (exact) mass is 313 g/mol. The minimum absolute atomic E-state index is 0.0567. The highest BCUT2D eigenvalue weighted by atomic mass is 16.6. The van der Waals surface area contributed by atoms with E-state index < -0.39 is 17.4 Å². The van der Waals surface area contributed by atoms with Gasteiger partial charge in [-0.25, -0.2) is 0 Å². The molecule has 3 aliphatic heterocycles. The highest BCUT2D eigenvalue weighted by molar-refractivity contribution is 6.02. The van der Waals surface area contributed by atoms with Gasteiger partial charge in [-0.3, -0.25) is 9.59 Å². The number of benzene rings is 1. The number of rotatable bonds is 3. The Morgan fingerprint density at radius 1 is 1.39 bits per heavy atom. The summed E-state index contributed by atoms with van der Waals surface area (Å²) in [7, 11) is 0. The van der Waals surface area contributed by atoms with Gasteiger partial charge in [-0.15, -0.1) is 0 Å². The topological polar surface area (TPSA) is 55.8 Å². The van der Waals surface area contributed by atoms with Crippen LogP contribution in [0.2, 0.25) is 0 Å². The number of hydrogen-bond donors (Lipinski definition) is 0. The fraction of sp³-hybridized carbons (Fsp3) is 0.444. The van der Waals surface area contributed by atoms with Crippen molar-refractivity contribution in [3.63, 3.8) is 0 Å². The Balaban J connectivity index is 1.68. The van der Waals surface area contributed by atoms with E-state index in [1.165, 1.54) is 0 Å². The minimum atomic E-state index is -0.690. The Labute approximate surface area is 134 Å². The number of ether oxygens (including phenoxy) is 2. The molecule has 23 heavy (non-hydrogen) atoms. The number of aryl methyl sites for hydroxylation is 1. The molecule has 0 radical (unpaired) electrons. The molecule has 5 nitrogen and oxygen atoms in total. The van der Waals surface area contributed by atoms with Crippen LogP contribution in [0.5, 0.6) is 0 Å². The van der Waals surface area contributed by atoms with Gasteiger partial charge in [0.15, 0.2) is 0 Å². The van der Waals surface area contributed by atoms with E-state index in [-0.39, 0.29) is 18.0 Å². The van der Waals surface area contributed by atoms with Crippen molar-refractivity contribution in [3.8, 4) is 0 Å². The summed E-state index contributed by atoms with van der Waals surface area (Å²) in [6.07, 6.45) is 3.50. The molecule has 2 bridgehead atoms. The van der Waals surface area contributed by atoms with E-state index >= 15 is 0 Å². The average molecular weight is 313 g/mol. The van der Waals surface area contributed by atoms with Gasteiger partial charge in [-0.2, -0.15) is 0 Å². The maximum Gasteiger partial charge on any atom is 0.312 e. The molecule has 0 N–H and O–H groups in total. The first kappa shape index (κ1) is 14.5. The van der Waals surface area contributed by atoms with E-state index in [9.17, 15) is 9.59 Å². The van der Waals surface area contributed by atoms with Crippen LogP contribution in [0.3, 0.4) is 0 Å². The molecule has 0 unspecified atom stereocenters. The van der Waals surface area contributed by atoms with Crippen LogP contribution in [0.1, 0.15) is 12.5 Å². The molecule has 0 saturated carbocycles. The molecule has 1 aromatic rings. The quantitative estimate of drug-likeness (QED) is 0.631. The van der Waals surface area contributed by atoms with Crippen molar-refractivity contribution in [1.82, 2.24) is 0 Å². The smallest absolute Gasteiger partial charge is 0.312 e. The lowest BCUT2D eigenvalue weighted by atomic mass is 9.77. The molecule has 0 aromatic heterocycles. The van der Waals surface area contributed by atoms with E-state index in [1.807, 2.05) is 43.3 Å². The van der Waals surface area contributed by atoms with Crippen LogP contribution in [0.25, 0.3) is 0 Å². The molecule has 2 fully saturated rings. The van der Waals surface area contributed by atoms with Crippen LogP contribution in [-0.2, 0) is 19.1 Å². The number of fused-ring (bicyclic) bond motifs is 1. The highest BCUT2D eigenvalue weighted by Gasteiger charge is 2.67. The molecular formula is C18H19NO4. The first-order valence-corrected chi connectivity index (χ1v) is 7.97. The number of nitrogens with zero attached hydrogens (tertiary/aromatic N) is 1. The molecular weight excluding hydrogens is 294 g/mol. The molecule has 3 aliphatic rings. The van der Waals surface area contributed by atoms with Gasteiger partial charge in [-0.1, -0.05) is 29.8 Å². The zero-order chi connectivity index (χ0) is 16.2. The summed E-state index contributed by atoms with van der Waals surface area (Å²) in [6.45, 7) is 4.53. The van der Waals surface area contributed by atoms with E-state index in [0.717, 1.165) is 11.3 Å². The van der Waals surface area contributed by atoms with Gasteiger partial charge in [-0.05, 0) is 26.0 Å². The van der Waals surface area contributed by atoms with Crippen molar-refractivity contribution in [3.05, 3.63) is 42.0 Å². The SMILES string of the molecule is CCOC(=O)[C@H]1[C@@H]2C=C[C@@]3(CN(c4ccc(C)cc4)C(=O)[C@H]13)O2. The molecule has 1 aromatic carbocycles. The van der Waals surface area contributed by atoms with Crippen LogP contribution in [0.15, 0.2) is 36.4 Å². The normalized spacial score (nSPS) is 34.1. The lowest BCUT2D eigenvalue weighted by Gasteiger charge is -2.22. The molecule has 4 atom stereocenters. The Kier molecular flexibility index (Phi) is 3.10. The highest BCUT2D eigenvalue weighted by Crippen LogP contribution is 2.52. The van der Waals surface area contributed by atoms with Gasteiger partial charge < -0.3 is 14.4 Å². The van der Waals surface area contributed by atoms with E-state index in [4.69, 9.17) is 9.47 Å². The van der Waals surface area contributed by atoms with Gasteiger partial charge in [0.1, 0.15) is 11.5 Å². The summed E-state index contributed by atoms with van der Waals surface area (Å²) in [5.41, 5.74) is 1.29. The van der Waals surface area contributed by atoms with Crippen LogP contribution >= 0.6 is 0 Å².